The van der Waals surface area contributed by atoms with E-state index in [1.807, 2.05) is 42.5 Å². The normalized spacial score (nSPS) is 12.2. The van der Waals surface area contributed by atoms with Gasteiger partial charge in [-0.25, -0.2) is 0 Å². The number of aromatic amines is 1. The lowest BCUT2D eigenvalue weighted by Gasteiger charge is -2.22. The lowest BCUT2D eigenvalue weighted by Crippen LogP contribution is -2.19. The molecule has 1 heterocycles. The number of nitriles is 1. The van der Waals surface area contributed by atoms with Crippen LogP contribution in [0.4, 0.5) is 0 Å². The van der Waals surface area contributed by atoms with E-state index in [9.17, 15) is 10.1 Å². The molecule has 0 saturated heterocycles. The minimum atomic E-state index is -0.323. The number of hydrogen-bond donors (Lipinski definition) is 1. The first-order valence-corrected chi connectivity index (χ1v) is 9.68. The Hall–Kier alpha value is -2.48. The van der Waals surface area contributed by atoms with E-state index in [2.05, 4.69) is 17.1 Å². The monoisotopic (exact) mass is 378 g/mol. The lowest BCUT2D eigenvalue weighted by molar-refractivity contribution is 0.874. The Morgan fingerprint density at radius 1 is 1.15 bits per heavy atom. The number of fused-ring (bicyclic) bond motifs is 3. The Kier molecular flexibility index (Phi) is 4.58. The van der Waals surface area contributed by atoms with Crippen LogP contribution in [0.5, 0.6) is 0 Å². The molecule has 128 valence electrons. The molecule has 0 fully saturated rings. The van der Waals surface area contributed by atoms with Crippen LogP contribution in [-0.4, -0.2) is 4.98 Å². The van der Waals surface area contributed by atoms with Crippen molar-refractivity contribution in [3.8, 4) is 17.2 Å². The van der Waals surface area contributed by atoms with Crippen molar-refractivity contribution >= 4 is 23.4 Å². The summed E-state index contributed by atoms with van der Waals surface area (Å²) in [4.78, 5) is 15.4. The Labute approximate surface area is 160 Å². The molecule has 1 N–H and O–H groups in total. The van der Waals surface area contributed by atoms with Crippen LogP contribution in [0.25, 0.3) is 11.1 Å². The first-order valence-electron chi connectivity index (χ1n) is 8.32. The Morgan fingerprint density at radius 2 is 2.00 bits per heavy atom. The van der Waals surface area contributed by atoms with E-state index in [-0.39, 0.29) is 11.1 Å². The van der Waals surface area contributed by atoms with Crippen molar-refractivity contribution in [2.45, 2.75) is 23.6 Å². The summed E-state index contributed by atoms with van der Waals surface area (Å²) in [6.07, 6.45) is 1.72. The third-order valence-corrected chi connectivity index (χ3v) is 5.94. The smallest absolute Gasteiger partial charge is 0.267 e. The second-order valence-electron chi connectivity index (χ2n) is 6.20. The van der Waals surface area contributed by atoms with Crippen LogP contribution in [0.2, 0.25) is 5.02 Å². The minimum absolute atomic E-state index is 0.208. The summed E-state index contributed by atoms with van der Waals surface area (Å²) in [6.45, 7) is 0. The summed E-state index contributed by atoms with van der Waals surface area (Å²) < 4.78 is 0. The van der Waals surface area contributed by atoms with E-state index >= 15 is 0 Å². The van der Waals surface area contributed by atoms with Gasteiger partial charge < -0.3 is 4.98 Å². The van der Waals surface area contributed by atoms with Crippen LogP contribution in [0.3, 0.4) is 0 Å². The maximum atomic E-state index is 12.5. The number of nitrogens with zero attached hydrogens (tertiary/aromatic N) is 1. The zero-order chi connectivity index (χ0) is 18.1. The van der Waals surface area contributed by atoms with E-state index < -0.39 is 0 Å². The highest BCUT2D eigenvalue weighted by atomic mass is 35.5. The van der Waals surface area contributed by atoms with Gasteiger partial charge in [-0.1, -0.05) is 48.0 Å². The zero-order valence-electron chi connectivity index (χ0n) is 13.9. The third-order valence-electron chi connectivity index (χ3n) is 4.60. The Bertz CT molecular complexity index is 1100. The van der Waals surface area contributed by atoms with Crippen LogP contribution < -0.4 is 5.56 Å². The van der Waals surface area contributed by atoms with E-state index in [1.165, 1.54) is 5.56 Å². The van der Waals surface area contributed by atoms with E-state index in [1.54, 1.807) is 11.8 Å². The number of nitrogens with one attached hydrogen (secondary N) is 1. The maximum Gasteiger partial charge on any atom is 0.267 e. The average Bonchev–Trinajstić information content (AvgIpc) is 2.66. The van der Waals surface area contributed by atoms with E-state index in [4.69, 9.17) is 11.6 Å². The average molecular weight is 379 g/mol. The highest BCUT2D eigenvalue weighted by Gasteiger charge is 2.24. The predicted octanol–water partition coefficient (Wildman–Crippen LogP) is 4.96. The van der Waals surface area contributed by atoms with Crippen molar-refractivity contribution in [2.75, 3.05) is 0 Å². The van der Waals surface area contributed by atoms with Crippen LogP contribution in [0.15, 0.2) is 58.4 Å². The molecule has 0 saturated carbocycles. The predicted molar refractivity (Wildman–Crippen MR) is 106 cm³/mol. The zero-order valence-corrected chi connectivity index (χ0v) is 15.5. The molecule has 0 amide bonds. The fourth-order valence-corrected chi connectivity index (χ4v) is 4.66. The van der Waals surface area contributed by atoms with Gasteiger partial charge in [0.25, 0.3) is 5.56 Å². The number of halogens is 1. The molecule has 2 aromatic carbocycles. The van der Waals surface area contributed by atoms with Gasteiger partial charge >= 0.3 is 0 Å². The standard InChI is InChI=1S/C21H15ClN2OS/c22-15-6-3-4-13(10-15)12-26-21-17-9-8-14-5-1-2-7-16(14)19(17)18(11-23)20(25)24-21/h1-7,10H,8-9,12H2,(H,24,25). The van der Waals surface area contributed by atoms with Gasteiger partial charge in [0.2, 0.25) is 0 Å². The molecule has 0 atom stereocenters. The largest absolute Gasteiger partial charge is 0.316 e. The molecule has 0 unspecified atom stereocenters. The van der Waals surface area contributed by atoms with Crippen molar-refractivity contribution in [3.63, 3.8) is 0 Å². The number of aromatic nitrogens is 1. The maximum absolute atomic E-state index is 12.5. The van der Waals surface area contributed by atoms with Gasteiger partial charge in [-0.15, -0.1) is 11.8 Å². The summed E-state index contributed by atoms with van der Waals surface area (Å²) >= 11 is 7.64. The number of hydrogen-bond acceptors (Lipinski definition) is 3. The molecular weight excluding hydrogens is 364 g/mol. The van der Waals surface area contributed by atoms with Gasteiger partial charge in [0.1, 0.15) is 11.6 Å². The van der Waals surface area contributed by atoms with E-state index in [0.29, 0.717) is 10.8 Å². The first kappa shape index (κ1) is 17.0. The Morgan fingerprint density at radius 3 is 2.81 bits per heavy atom. The van der Waals surface area contributed by atoms with Gasteiger partial charge in [-0.3, -0.25) is 4.79 Å². The molecule has 5 heteroatoms. The summed E-state index contributed by atoms with van der Waals surface area (Å²) in [5.41, 5.74) is 5.03. The number of H-pyrrole nitrogens is 1. The summed E-state index contributed by atoms with van der Waals surface area (Å²) in [5, 5.41) is 11.1. The van der Waals surface area contributed by atoms with Crippen molar-refractivity contribution < 1.29 is 0 Å². The highest BCUT2D eigenvalue weighted by Crippen LogP contribution is 2.39. The number of aryl methyl sites for hydroxylation is 1. The highest BCUT2D eigenvalue weighted by molar-refractivity contribution is 7.98. The van der Waals surface area contributed by atoms with Crippen molar-refractivity contribution in [2.24, 2.45) is 0 Å². The van der Waals surface area contributed by atoms with Gasteiger partial charge in [-0.05, 0) is 47.2 Å². The molecule has 1 aromatic heterocycles. The quantitative estimate of drug-likeness (QED) is 0.655. The first-order chi connectivity index (χ1) is 12.7. The van der Waals surface area contributed by atoms with Gasteiger partial charge in [0.15, 0.2) is 0 Å². The molecule has 4 rings (SSSR count). The number of thioether (sulfide) groups is 1. The fourth-order valence-electron chi connectivity index (χ4n) is 3.41. The third kappa shape index (κ3) is 3.05. The second kappa shape index (κ2) is 7.03. The SMILES string of the molecule is N#Cc1c2c(c(SCc3cccc(Cl)c3)[nH]c1=O)CCc1ccccc1-2. The van der Waals surface area contributed by atoms with E-state index in [0.717, 1.165) is 40.1 Å². The lowest BCUT2D eigenvalue weighted by atomic mass is 9.84. The van der Waals surface area contributed by atoms with Crippen molar-refractivity contribution in [1.82, 2.24) is 4.98 Å². The van der Waals surface area contributed by atoms with Crippen LogP contribution in [0, 0.1) is 11.3 Å². The van der Waals surface area contributed by atoms with Crippen LogP contribution >= 0.6 is 23.4 Å². The molecule has 1 aliphatic carbocycles. The molecule has 3 aromatic rings. The molecule has 3 nitrogen and oxygen atoms in total. The van der Waals surface area contributed by atoms with Gasteiger partial charge in [0, 0.05) is 16.3 Å². The second-order valence-corrected chi connectivity index (χ2v) is 7.62. The molecule has 0 spiro atoms. The van der Waals surface area contributed by atoms with Crippen molar-refractivity contribution in [3.05, 3.63) is 86.2 Å². The molecule has 1 aliphatic rings. The fraction of sp³-hybridized carbons (Fsp3) is 0.143. The molecule has 0 aliphatic heterocycles. The molecular formula is C21H15ClN2OS. The number of pyridine rings is 1. The topological polar surface area (TPSA) is 56.6 Å². The molecule has 26 heavy (non-hydrogen) atoms. The Balaban J connectivity index is 1.80. The molecule has 0 bridgehead atoms. The minimum Gasteiger partial charge on any atom is -0.316 e. The number of benzene rings is 2. The number of rotatable bonds is 3. The van der Waals surface area contributed by atoms with Crippen molar-refractivity contribution in [1.29, 1.82) is 5.26 Å². The summed E-state index contributed by atoms with van der Waals surface area (Å²) in [7, 11) is 0. The van der Waals surface area contributed by atoms with Gasteiger partial charge in [0.05, 0.1) is 5.03 Å². The molecule has 0 radical (unpaired) electrons. The van der Waals surface area contributed by atoms with Crippen LogP contribution in [0.1, 0.15) is 22.3 Å². The summed E-state index contributed by atoms with van der Waals surface area (Å²) in [6, 6.07) is 17.8. The summed E-state index contributed by atoms with van der Waals surface area (Å²) in [5.74, 6) is 0.705. The van der Waals surface area contributed by atoms with Gasteiger partial charge in [-0.2, -0.15) is 5.26 Å². The van der Waals surface area contributed by atoms with Crippen LogP contribution in [-0.2, 0) is 18.6 Å².